The van der Waals surface area contributed by atoms with Crippen LogP contribution in [0.1, 0.15) is 5.56 Å². The second-order valence-corrected chi connectivity index (χ2v) is 9.20. The van der Waals surface area contributed by atoms with Crippen LogP contribution in [0.5, 0.6) is 0 Å². The molecule has 0 fully saturated rings. The molecule has 0 N–H and O–H groups in total. The molecule has 0 aliphatic rings. The first kappa shape index (κ1) is 23.7. The molecular weight excluding hydrogens is 479 g/mol. The van der Waals surface area contributed by atoms with Gasteiger partial charge in [-0.25, -0.2) is 4.98 Å². The van der Waals surface area contributed by atoms with E-state index in [1.165, 1.54) is 12.1 Å². The van der Waals surface area contributed by atoms with Gasteiger partial charge in [-0.3, -0.25) is 0 Å². The van der Waals surface area contributed by atoms with E-state index in [4.69, 9.17) is 4.98 Å². The predicted molar refractivity (Wildman–Crippen MR) is 148 cm³/mol. The summed E-state index contributed by atoms with van der Waals surface area (Å²) in [4.78, 5) is 4.78. The minimum atomic E-state index is -4.36. The molecule has 0 aliphatic carbocycles. The molecule has 1 heterocycles. The van der Waals surface area contributed by atoms with Gasteiger partial charge in [0.25, 0.3) is 0 Å². The summed E-state index contributed by atoms with van der Waals surface area (Å²) in [7, 11) is 0. The van der Waals surface area contributed by atoms with Gasteiger partial charge in [0.2, 0.25) is 0 Å². The van der Waals surface area contributed by atoms with Gasteiger partial charge in [0.15, 0.2) is 0 Å². The van der Waals surface area contributed by atoms with E-state index in [9.17, 15) is 13.2 Å². The largest absolute Gasteiger partial charge is 0.416 e. The van der Waals surface area contributed by atoms with Crippen molar-refractivity contribution in [3.05, 3.63) is 139 Å². The molecule has 0 aliphatic heterocycles. The van der Waals surface area contributed by atoms with E-state index in [1.54, 1.807) is 6.07 Å². The van der Waals surface area contributed by atoms with Crippen molar-refractivity contribution in [2.24, 2.45) is 0 Å². The van der Waals surface area contributed by atoms with Crippen molar-refractivity contribution in [3.8, 4) is 44.6 Å². The van der Waals surface area contributed by atoms with E-state index >= 15 is 0 Å². The number of alkyl halides is 3. The van der Waals surface area contributed by atoms with E-state index in [-0.39, 0.29) is 0 Å². The van der Waals surface area contributed by atoms with Gasteiger partial charge < -0.3 is 0 Å². The Morgan fingerprint density at radius 3 is 1.47 bits per heavy atom. The highest BCUT2D eigenvalue weighted by Crippen LogP contribution is 2.33. The number of para-hydroxylation sites is 1. The maximum absolute atomic E-state index is 13.1. The third-order valence-electron chi connectivity index (χ3n) is 6.74. The molecule has 0 atom stereocenters. The average Bonchev–Trinajstić information content (AvgIpc) is 2.97. The van der Waals surface area contributed by atoms with Gasteiger partial charge in [0, 0.05) is 10.9 Å². The lowest BCUT2D eigenvalue weighted by atomic mass is 9.97. The summed E-state index contributed by atoms with van der Waals surface area (Å²) in [5, 5.41) is 1.12. The maximum Gasteiger partial charge on any atom is 0.416 e. The van der Waals surface area contributed by atoms with Crippen LogP contribution in [0.2, 0.25) is 0 Å². The van der Waals surface area contributed by atoms with E-state index in [1.807, 2.05) is 48.5 Å². The molecule has 0 unspecified atom stereocenters. The first-order valence-electron chi connectivity index (χ1n) is 12.3. The molecule has 1 aromatic heterocycles. The van der Waals surface area contributed by atoms with Gasteiger partial charge in [-0.2, -0.15) is 13.2 Å². The third-order valence-corrected chi connectivity index (χ3v) is 6.74. The Hall–Kier alpha value is -4.70. The topological polar surface area (TPSA) is 12.9 Å². The van der Waals surface area contributed by atoms with Crippen LogP contribution in [0, 0.1) is 0 Å². The normalized spacial score (nSPS) is 11.6. The average molecular weight is 502 g/mol. The van der Waals surface area contributed by atoms with Crippen LogP contribution in [0.25, 0.3) is 55.5 Å². The fraction of sp³-hybridized carbons (Fsp3) is 0.0294. The van der Waals surface area contributed by atoms with Crippen LogP contribution < -0.4 is 0 Å². The van der Waals surface area contributed by atoms with Crippen LogP contribution in [0.4, 0.5) is 13.2 Å². The minimum absolute atomic E-state index is 0.545. The molecule has 4 heteroatoms. The second-order valence-electron chi connectivity index (χ2n) is 9.20. The second kappa shape index (κ2) is 9.64. The van der Waals surface area contributed by atoms with Gasteiger partial charge in [0.1, 0.15) is 0 Å². The molecule has 1 nitrogen and oxygen atoms in total. The van der Waals surface area contributed by atoms with Crippen molar-refractivity contribution >= 4 is 10.9 Å². The quantitative estimate of drug-likeness (QED) is 0.234. The Kier molecular flexibility index (Phi) is 6.01. The Morgan fingerprint density at radius 2 is 0.921 bits per heavy atom. The van der Waals surface area contributed by atoms with E-state index in [0.717, 1.165) is 56.0 Å². The van der Waals surface area contributed by atoms with Gasteiger partial charge in [0.05, 0.1) is 16.8 Å². The molecule has 0 radical (unpaired) electrons. The molecule has 0 spiro atoms. The molecular formula is C34H22F3N. The first-order chi connectivity index (χ1) is 18.4. The molecule has 6 rings (SSSR count). The fourth-order valence-electron chi connectivity index (χ4n) is 4.65. The number of rotatable bonds is 4. The van der Waals surface area contributed by atoms with Crippen LogP contribution >= 0.6 is 0 Å². The maximum atomic E-state index is 13.1. The number of hydrogen-bond acceptors (Lipinski definition) is 1. The molecule has 38 heavy (non-hydrogen) atoms. The first-order valence-corrected chi connectivity index (χ1v) is 12.3. The lowest BCUT2D eigenvalue weighted by molar-refractivity contribution is -0.137. The summed E-state index contributed by atoms with van der Waals surface area (Å²) < 4.78 is 39.2. The van der Waals surface area contributed by atoms with Crippen molar-refractivity contribution in [1.29, 1.82) is 0 Å². The van der Waals surface area contributed by atoms with Crippen LogP contribution in [0.15, 0.2) is 133 Å². The third kappa shape index (κ3) is 4.81. The molecule has 0 saturated heterocycles. The summed E-state index contributed by atoms with van der Waals surface area (Å²) in [6.07, 6.45) is -4.36. The van der Waals surface area contributed by atoms with Crippen molar-refractivity contribution in [1.82, 2.24) is 4.98 Å². The summed E-state index contributed by atoms with van der Waals surface area (Å²) in [6.45, 7) is 0. The Balaban J connectivity index is 1.20. The Labute approximate surface area is 218 Å². The number of hydrogen-bond donors (Lipinski definition) is 0. The van der Waals surface area contributed by atoms with Crippen LogP contribution in [-0.2, 0) is 6.18 Å². The highest BCUT2D eigenvalue weighted by Gasteiger charge is 2.30. The molecule has 6 aromatic rings. The smallest absolute Gasteiger partial charge is 0.248 e. The molecule has 0 saturated carbocycles. The number of nitrogens with zero attached hydrogens (tertiary/aromatic N) is 1. The van der Waals surface area contributed by atoms with E-state index < -0.39 is 11.7 Å². The fourth-order valence-corrected chi connectivity index (χ4v) is 4.65. The van der Waals surface area contributed by atoms with Crippen molar-refractivity contribution < 1.29 is 13.2 Å². The van der Waals surface area contributed by atoms with Gasteiger partial charge >= 0.3 is 6.18 Å². The molecule has 0 bridgehead atoms. The SMILES string of the molecule is FC(F)(F)c1cccc(-c2ccc(-c3ccc(-c4ccc(-c5ccc6ccccc6n5)cc4)cc3)cc2)c1. The van der Waals surface area contributed by atoms with Crippen molar-refractivity contribution in [3.63, 3.8) is 0 Å². The Morgan fingerprint density at radius 1 is 0.421 bits per heavy atom. The minimum Gasteiger partial charge on any atom is -0.248 e. The highest BCUT2D eigenvalue weighted by molar-refractivity contribution is 5.82. The lowest BCUT2D eigenvalue weighted by Gasteiger charge is -2.10. The zero-order valence-corrected chi connectivity index (χ0v) is 20.3. The van der Waals surface area contributed by atoms with E-state index in [2.05, 4.69) is 60.7 Å². The van der Waals surface area contributed by atoms with Gasteiger partial charge in [-0.15, -0.1) is 0 Å². The highest BCUT2D eigenvalue weighted by atomic mass is 19.4. The predicted octanol–water partition coefficient (Wildman–Crippen LogP) is 9.92. The molecule has 184 valence electrons. The Bertz CT molecular complexity index is 1720. The lowest BCUT2D eigenvalue weighted by Crippen LogP contribution is -2.04. The monoisotopic (exact) mass is 501 g/mol. The number of aromatic nitrogens is 1. The van der Waals surface area contributed by atoms with Gasteiger partial charge in [-0.05, 0) is 57.6 Å². The zero-order valence-electron chi connectivity index (χ0n) is 20.3. The number of benzene rings is 5. The summed E-state index contributed by atoms with van der Waals surface area (Å²) >= 11 is 0. The summed E-state index contributed by atoms with van der Waals surface area (Å²) in [5.41, 5.74) is 7.90. The van der Waals surface area contributed by atoms with E-state index in [0.29, 0.717) is 5.56 Å². The standard InChI is InChI=1S/C34H22F3N/c35-34(36,37)31-6-3-5-30(22-31)27-14-12-25(13-15-27)23-8-10-24(11-9-23)26-16-18-29(19-17-26)33-21-20-28-4-1-2-7-32(28)38-33/h1-22H. The van der Waals surface area contributed by atoms with Crippen LogP contribution in [0.3, 0.4) is 0 Å². The van der Waals surface area contributed by atoms with Crippen LogP contribution in [-0.4, -0.2) is 4.98 Å². The van der Waals surface area contributed by atoms with Gasteiger partial charge in [-0.1, -0.05) is 109 Å². The number of pyridine rings is 1. The summed E-state index contributed by atoms with van der Waals surface area (Å²) in [6, 6.07) is 41.9. The number of fused-ring (bicyclic) bond motifs is 1. The summed E-state index contributed by atoms with van der Waals surface area (Å²) in [5.74, 6) is 0. The molecule has 0 amide bonds. The molecule has 5 aromatic carbocycles. The zero-order chi connectivity index (χ0) is 26.1. The van der Waals surface area contributed by atoms with Crippen molar-refractivity contribution in [2.75, 3.05) is 0 Å². The van der Waals surface area contributed by atoms with Crippen molar-refractivity contribution in [2.45, 2.75) is 6.18 Å². The number of halogens is 3.